The Kier molecular flexibility index (Phi) is 7.86. The number of nitrogens with zero attached hydrogens (tertiary/aromatic N) is 4. The van der Waals surface area contributed by atoms with Crippen molar-refractivity contribution in [2.75, 3.05) is 7.11 Å². The van der Waals surface area contributed by atoms with Crippen molar-refractivity contribution in [1.82, 2.24) is 25.2 Å². The van der Waals surface area contributed by atoms with Crippen LogP contribution in [0.2, 0.25) is 0 Å². The molecule has 2 amide bonds. The summed E-state index contributed by atoms with van der Waals surface area (Å²) in [7, 11) is 1.61. The third-order valence-electron chi connectivity index (χ3n) is 6.56. The Balaban J connectivity index is 1.74. The molecule has 0 spiro atoms. The maximum atomic E-state index is 14.0. The van der Waals surface area contributed by atoms with Crippen LogP contribution in [0.5, 0.6) is 5.75 Å². The molecule has 0 bridgehead atoms. The van der Waals surface area contributed by atoms with Crippen LogP contribution in [0, 0.1) is 0 Å². The summed E-state index contributed by atoms with van der Waals surface area (Å²) in [6, 6.07) is 23.6. The second kappa shape index (κ2) is 11.2. The first kappa shape index (κ1) is 25.9. The van der Waals surface area contributed by atoms with Crippen molar-refractivity contribution in [2.45, 2.75) is 51.9 Å². The van der Waals surface area contributed by atoms with Gasteiger partial charge in [0.2, 0.25) is 11.8 Å². The average molecular weight is 500 g/mol. The SMILES string of the molecule is CCC(C)(C)NC(=O)C(c1ccccc1)N(Cc1ccc(OC)cc1)C(=O)Cn1nnc2ccccc21. The van der Waals surface area contributed by atoms with Crippen molar-refractivity contribution in [1.29, 1.82) is 0 Å². The number of carbonyl (C=O) groups excluding carboxylic acids is 2. The van der Waals surface area contributed by atoms with E-state index in [2.05, 4.69) is 15.6 Å². The summed E-state index contributed by atoms with van der Waals surface area (Å²) in [5.41, 5.74) is 2.64. The van der Waals surface area contributed by atoms with Gasteiger partial charge >= 0.3 is 0 Å². The Bertz CT molecular complexity index is 1350. The lowest BCUT2D eigenvalue weighted by Gasteiger charge is -2.34. The predicted molar refractivity (Wildman–Crippen MR) is 143 cm³/mol. The largest absolute Gasteiger partial charge is 0.497 e. The third-order valence-corrected chi connectivity index (χ3v) is 6.56. The molecular weight excluding hydrogens is 466 g/mol. The number of hydrogen-bond donors (Lipinski definition) is 1. The highest BCUT2D eigenvalue weighted by Gasteiger charge is 2.34. The number of hydrogen-bond acceptors (Lipinski definition) is 5. The van der Waals surface area contributed by atoms with Crippen molar-refractivity contribution in [3.05, 3.63) is 90.0 Å². The standard InChI is InChI=1S/C29H33N5O3/c1-5-29(2,3)30-28(36)27(22-11-7-6-8-12-22)33(19-21-15-17-23(37-4)18-16-21)26(35)20-34-25-14-10-9-13-24(25)31-32-34/h6-18,27H,5,19-20H2,1-4H3,(H,30,36). The summed E-state index contributed by atoms with van der Waals surface area (Å²) in [5.74, 6) is 0.242. The van der Waals surface area contributed by atoms with Gasteiger partial charge in [0, 0.05) is 12.1 Å². The van der Waals surface area contributed by atoms with E-state index in [1.54, 1.807) is 16.7 Å². The van der Waals surface area contributed by atoms with E-state index in [9.17, 15) is 9.59 Å². The molecule has 37 heavy (non-hydrogen) atoms. The van der Waals surface area contributed by atoms with E-state index in [0.717, 1.165) is 28.8 Å². The number of methoxy groups -OCH3 is 1. The van der Waals surface area contributed by atoms with Crippen LogP contribution < -0.4 is 10.1 Å². The number of rotatable bonds is 10. The number of nitrogens with one attached hydrogen (secondary N) is 1. The number of carbonyl (C=O) groups is 2. The first-order chi connectivity index (χ1) is 17.8. The molecule has 8 heteroatoms. The van der Waals surface area contributed by atoms with E-state index in [-0.39, 0.29) is 24.9 Å². The van der Waals surface area contributed by atoms with Gasteiger partial charge in [-0.3, -0.25) is 9.59 Å². The topological polar surface area (TPSA) is 89.4 Å². The molecule has 0 saturated carbocycles. The van der Waals surface area contributed by atoms with E-state index in [4.69, 9.17) is 4.74 Å². The van der Waals surface area contributed by atoms with Crippen LogP contribution in [0.25, 0.3) is 11.0 Å². The molecule has 3 aromatic carbocycles. The molecule has 192 valence electrons. The van der Waals surface area contributed by atoms with Crippen LogP contribution in [0.1, 0.15) is 44.4 Å². The first-order valence-electron chi connectivity index (χ1n) is 12.4. The molecule has 1 atom stereocenters. The summed E-state index contributed by atoms with van der Waals surface area (Å²) < 4.78 is 6.87. The molecular formula is C29H33N5O3. The number of amides is 2. The van der Waals surface area contributed by atoms with Crippen LogP contribution in [0.4, 0.5) is 0 Å². The molecule has 4 aromatic rings. The van der Waals surface area contributed by atoms with Crippen molar-refractivity contribution >= 4 is 22.8 Å². The van der Waals surface area contributed by atoms with Crippen molar-refractivity contribution in [3.8, 4) is 5.75 Å². The lowest BCUT2D eigenvalue weighted by molar-refractivity contribution is -0.143. The molecule has 0 aliphatic heterocycles. The minimum absolute atomic E-state index is 0.0511. The van der Waals surface area contributed by atoms with Gasteiger partial charge in [-0.15, -0.1) is 5.10 Å². The highest BCUT2D eigenvalue weighted by molar-refractivity contribution is 5.89. The second-order valence-electron chi connectivity index (χ2n) is 9.65. The third kappa shape index (κ3) is 6.14. The Labute approximate surface area is 217 Å². The predicted octanol–water partition coefficient (Wildman–Crippen LogP) is 4.51. The quantitative estimate of drug-likeness (QED) is 0.347. The summed E-state index contributed by atoms with van der Waals surface area (Å²) in [5, 5.41) is 11.5. The number of para-hydroxylation sites is 1. The van der Waals surface area contributed by atoms with E-state index in [0.29, 0.717) is 5.52 Å². The number of benzene rings is 3. The normalized spacial score (nSPS) is 12.2. The van der Waals surface area contributed by atoms with Crippen LogP contribution in [0.3, 0.4) is 0 Å². The zero-order chi connectivity index (χ0) is 26.4. The molecule has 8 nitrogen and oxygen atoms in total. The Morgan fingerprint density at radius 3 is 2.35 bits per heavy atom. The second-order valence-corrected chi connectivity index (χ2v) is 9.65. The van der Waals surface area contributed by atoms with Crippen molar-refractivity contribution in [3.63, 3.8) is 0 Å². The minimum atomic E-state index is -0.837. The van der Waals surface area contributed by atoms with Crippen LogP contribution in [0.15, 0.2) is 78.9 Å². The van der Waals surface area contributed by atoms with Gasteiger partial charge < -0.3 is 15.0 Å². The van der Waals surface area contributed by atoms with Gasteiger partial charge in [-0.2, -0.15) is 0 Å². The maximum absolute atomic E-state index is 14.0. The lowest BCUT2D eigenvalue weighted by Crippen LogP contribution is -2.50. The van der Waals surface area contributed by atoms with E-state index in [1.165, 1.54) is 0 Å². The molecule has 1 heterocycles. The fourth-order valence-electron chi connectivity index (χ4n) is 4.10. The minimum Gasteiger partial charge on any atom is -0.497 e. The molecule has 0 aliphatic rings. The monoisotopic (exact) mass is 499 g/mol. The Morgan fingerprint density at radius 2 is 1.68 bits per heavy atom. The van der Waals surface area contributed by atoms with Gasteiger partial charge in [-0.25, -0.2) is 4.68 Å². The average Bonchev–Trinajstić information content (AvgIpc) is 3.31. The molecule has 0 radical (unpaired) electrons. The zero-order valence-corrected chi connectivity index (χ0v) is 21.7. The molecule has 0 fully saturated rings. The summed E-state index contributed by atoms with van der Waals surface area (Å²) >= 11 is 0. The Hall–Kier alpha value is -4.20. The Morgan fingerprint density at radius 1 is 1.00 bits per heavy atom. The van der Waals surface area contributed by atoms with E-state index < -0.39 is 11.6 Å². The molecule has 1 aromatic heterocycles. The number of fused-ring (bicyclic) bond motifs is 1. The molecule has 0 aliphatic carbocycles. The van der Waals surface area contributed by atoms with Gasteiger partial charge in [0.25, 0.3) is 0 Å². The molecule has 0 saturated heterocycles. The highest BCUT2D eigenvalue weighted by Crippen LogP contribution is 2.26. The summed E-state index contributed by atoms with van der Waals surface area (Å²) in [6.07, 6.45) is 0.748. The molecule has 4 rings (SSSR count). The van der Waals surface area contributed by atoms with Gasteiger partial charge in [-0.1, -0.05) is 66.7 Å². The fourth-order valence-corrected chi connectivity index (χ4v) is 4.10. The van der Waals surface area contributed by atoms with E-state index in [1.807, 2.05) is 99.6 Å². The van der Waals surface area contributed by atoms with E-state index >= 15 is 0 Å². The zero-order valence-electron chi connectivity index (χ0n) is 21.7. The maximum Gasteiger partial charge on any atom is 0.247 e. The van der Waals surface area contributed by atoms with Gasteiger partial charge in [0.1, 0.15) is 23.9 Å². The summed E-state index contributed by atoms with van der Waals surface area (Å²) in [4.78, 5) is 29.4. The smallest absolute Gasteiger partial charge is 0.247 e. The van der Waals surface area contributed by atoms with Gasteiger partial charge in [0.05, 0.1) is 12.6 Å². The summed E-state index contributed by atoms with van der Waals surface area (Å²) in [6.45, 7) is 6.15. The van der Waals surface area contributed by atoms with Gasteiger partial charge in [0.15, 0.2) is 0 Å². The fraction of sp³-hybridized carbons (Fsp3) is 0.310. The van der Waals surface area contributed by atoms with Crippen molar-refractivity contribution < 1.29 is 14.3 Å². The number of aromatic nitrogens is 3. The first-order valence-corrected chi connectivity index (χ1v) is 12.4. The highest BCUT2D eigenvalue weighted by atomic mass is 16.5. The van der Waals surface area contributed by atoms with Crippen LogP contribution in [-0.4, -0.2) is 44.4 Å². The molecule has 1 unspecified atom stereocenters. The van der Waals surface area contributed by atoms with Crippen molar-refractivity contribution in [2.24, 2.45) is 0 Å². The van der Waals surface area contributed by atoms with Gasteiger partial charge in [-0.05, 0) is 55.7 Å². The van der Waals surface area contributed by atoms with Crippen LogP contribution >= 0.6 is 0 Å². The lowest BCUT2D eigenvalue weighted by atomic mass is 9.98. The molecule has 1 N–H and O–H groups in total. The number of ether oxygens (including phenoxy) is 1. The van der Waals surface area contributed by atoms with Crippen LogP contribution in [-0.2, 0) is 22.7 Å².